The van der Waals surface area contributed by atoms with Gasteiger partial charge in [0.15, 0.2) is 11.5 Å². The van der Waals surface area contributed by atoms with Gasteiger partial charge in [0, 0.05) is 30.9 Å². The number of hydrogen-bond donors (Lipinski definition) is 0. The number of methoxy groups -OCH3 is 3. The van der Waals surface area contributed by atoms with Crippen LogP contribution in [0.5, 0.6) is 17.2 Å². The molecule has 9 heteroatoms. The van der Waals surface area contributed by atoms with Crippen LogP contribution in [0.4, 0.5) is 5.69 Å². The van der Waals surface area contributed by atoms with Crippen molar-refractivity contribution in [1.82, 2.24) is 5.01 Å². The minimum atomic E-state index is -0.825. The molecule has 0 spiro atoms. The molecule has 1 aliphatic rings. The van der Waals surface area contributed by atoms with Crippen molar-refractivity contribution in [3.05, 3.63) is 47.5 Å². The Morgan fingerprint density at radius 2 is 1.70 bits per heavy atom. The van der Waals surface area contributed by atoms with E-state index in [0.717, 1.165) is 11.3 Å². The highest BCUT2D eigenvalue weighted by atomic mass is 35.5. The first-order chi connectivity index (χ1) is 14.4. The zero-order chi connectivity index (χ0) is 21.8. The summed E-state index contributed by atoms with van der Waals surface area (Å²) in [5.41, 5.74) is 2.38. The van der Waals surface area contributed by atoms with Crippen LogP contribution >= 0.6 is 11.6 Å². The van der Waals surface area contributed by atoms with Gasteiger partial charge in [0.2, 0.25) is 17.9 Å². The molecule has 1 heterocycles. The Balaban J connectivity index is 2.00. The summed E-state index contributed by atoms with van der Waals surface area (Å²) in [5, 5.41) is 5.61. The Bertz CT molecular complexity index is 921. The van der Waals surface area contributed by atoms with E-state index in [4.69, 9.17) is 30.5 Å². The Labute approximate surface area is 180 Å². The maximum Gasteiger partial charge on any atom is 0.261 e. The molecule has 1 atom stereocenters. The summed E-state index contributed by atoms with van der Waals surface area (Å²) in [7, 11) is 8.48. The number of hydrogen-bond acceptors (Lipinski definition) is 7. The second-order valence-corrected chi connectivity index (χ2v) is 6.91. The summed E-state index contributed by atoms with van der Waals surface area (Å²) < 4.78 is 22.3. The van der Waals surface area contributed by atoms with E-state index < -0.39 is 12.1 Å². The van der Waals surface area contributed by atoms with Gasteiger partial charge < -0.3 is 23.8 Å². The molecule has 30 heavy (non-hydrogen) atoms. The lowest BCUT2D eigenvalue weighted by Gasteiger charge is -2.22. The van der Waals surface area contributed by atoms with Crippen LogP contribution in [-0.2, 0) is 9.53 Å². The molecule has 0 aliphatic carbocycles. The van der Waals surface area contributed by atoms with Crippen molar-refractivity contribution in [1.29, 1.82) is 0 Å². The lowest BCUT2D eigenvalue weighted by Crippen LogP contribution is -2.28. The number of benzene rings is 2. The second-order valence-electron chi connectivity index (χ2n) is 6.65. The Kier molecular flexibility index (Phi) is 6.56. The van der Waals surface area contributed by atoms with Crippen molar-refractivity contribution in [3.63, 3.8) is 0 Å². The highest BCUT2D eigenvalue weighted by Crippen LogP contribution is 2.42. The van der Waals surface area contributed by atoms with E-state index >= 15 is 0 Å². The van der Waals surface area contributed by atoms with Gasteiger partial charge in [-0.25, -0.2) is 0 Å². The van der Waals surface area contributed by atoms with Gasteiger partial charge in [0.25, 0.3) is 5.91 Å². The molecule has 160 valence electrons. The lowest BCUT2D eigenvalue weighted by molar-refractivity contribution is -0.134. The zero-order valence-corrected chi connectivity index (χ0v) is 18.3. The second kappa shape index (κ2) is 9.13. The molecule has 8 nitrogen and oxygen atoms in total. The molecule has 0 N–H and O–H groups in total. The highest BCUT2D eigenvalue weighted by Gasteiger charge is 2.35. The first kappa shape index (κ1) is 21.6. The van der Waals surface area contributed by atoms with Crippen molar-refractivity contribution in [2.75, 3.05) is 46.2 Å². The number of anilines is 1. The molecular weight excluding hydrogens is 410 g/mol. The SMILES string of the molecule is COc1cc(C2OC(c3ccc(N(C)C)cc3)=NN2C(=O)CCl)cc(OC)c1OC. The van der Waals surface area contributed by atoms with Gasteiger partial charge in [0.05, 0.1) is 21.3 Å². The quantitative estimate of drug-likeness (QED) is 0.624. The number of carbonyl (C=O) groups excluding carboxylic acids is 1. The first-order valence-electron chi connectivity index (χ1n) is 9.14. The first-order valence-corrected chi connectivity index (χ1v) is 9.67. The number of carbonyl (C=O) groups is 1. The number of rotatable bonds is 7. The number of amides is 1. The molecule has 0 saturated heterocycles. The van der Waals surface area contributed by atoms with E-state index in [-0.39, 0.29) is 5.88 Å². The fraction of sp³-hybridized carbons (Fsp3) is 0.333. The molecule has 2 aromatic carbocycles. The van der Waals surface area contributed by atoms with Gasteiger partial charge in [-0.1, -0.05) is 0 Å². The van der Waals surface area contributed by atoms with Crippen molar-refractivity contribution >= 4 is 29.1 Å². The van der Waals surface area contributed by atoms with Crippen LogP contribution in [-0.4, -0.2) is 58.1 Å². The number of halogens is 1. The van der Waals surface area contributed by atoms with E-state index in [9.17, 15) is 4.79 Å². The smallest absolute Gasteiger partial charge is 0.261 e. The van der Waals surface area contributed by atoms with Gasteiger partial charge in [-0.05, 0) is 36.4 Å². The van der Waals surface area contributed by atoms with E-state index in [1.54, 1.807) is 12.1 Å². The summed E-state index contributed by atoms with van der Waals surface area (Å²) in [6.07, 6.45) is -0.825. The average molecular weight is 434 g/mol. The minimum absolute atomic E-state index is 0.235. The highest BCUT2D eigenvalue weighted by molar-refractivity contribution is 6.27. The van der Waals surface area contributed by atoms with Crippen molar-refractivity contribution < 1.29 is 23.7 Å². The third-order valence-electron chi connectivity index (χ3n) is 4.62. The average Bonchev–Trinajstić information content (AvgIpc) is 3.23. The molecule has 1 unspecified atom stereocenters. The van der Waals surface area contributed by atoms with E-state index in [1.165, 1.54) is 26.3 Å². The van der Waals surface area contributed by atoms with E-state index in [1.807, 2.05) is 43.3 Å². The van der Waals surface area contributed by atoms with Crippen LogP contribution in [0.15, 0.2) is 41.5 Å². The molecule has 2 aromatic rings. The third-order valence-corrected chi connectivity index (χ3v) is 4.85. The summed E-state index contributed by atoms with van der Waals surface area (Å²) in [6.45, 7) is 0. The standard InChI is InChI=1S/C21H24ClN3O5/c1-24(2)15-8-6-13(7-9-15)20-23-25(18(26)12-22)21(30-20)14-10-16(27-3)19(29-5)17(11-14)28-4/h6-11,21H,12H2,1-5H3. The molecule has 1 amide bonds. The molecule has 0 aromatic heterocycles. The van der Waals surface area contributed by atoms with Crippen LogP contribution in [0.3, 0.4) is 0 Å². The minimum Gasteiger partial charge on any atom is -0.493 e. The van der Waals surface area contributed by atoms with Gasteiger partial charge in [-0.3, -0.25) is 4.79 Å². The fourth-order valence-electron chi connectivity index (χ4n) is 3.06. The molecule has 3 rings (SSSR count). The Morgan fingerprint density at radius 3 is 2.17 bits per heavy atom. The normalized spacial score (nSPS) is 15.3. The van der Waals surface area contributed by atoms with Crippen LogP contribution in [0.1, 0.15) is 17.4 Å². The van der Waals surface area contributed by atoms with Crippen LogP contribution in [0, 0.1) is 0 Å². The predicted molar refractivity (Wildman–Crippen MR) is 115 cm³/mol. The van der Waals surface area contributed by atoms with Crippen molar-refractivity contribution in [2.45, 2.75) is 6.23 Å². The maximum atomic E-state index is 12.5. The van der Waals surface area contributed by atoms with Gasteiger partial charge in [0.1, 0.15) is 5.88 Å². The number of alkyl halides is 1. The molecule has 0 radical (unpaired) electrons. The number of nitrogens with zero attached hydrogens (tertiary/aromatic N) is 3. The van der Waals surface area contributed by atoms with Crippen molar-refractivity contribution in [2.24, 2.45) is 5.10 Å². The summed E-state index contributed by atoms with van der Waals surface area (Å²) in [6, 6.07) is 11.1. The van der Waals surface area contributed by atoms with E-state index in [2.05, 4.69) is 5.10 Å². The lowest BCUT2D eigenvalue weighted by atomic mass is 10.1. The van der Waals surface area contributed by atoms with Gasteiger partial charge in [-0.2, -0.15) is 5.01 Å². The monoisotopic (exact) mass is 433 g/mol. The zero-order valence-electron chi connectivity index (χ0n) is 17.5. The van der Waals surface area contributed by atoms with Crippen LogP contribution in [0.2, 0.25) is 0 Å². The van der Waals surface area contributed by atoms with Crippen molar-refractivity contribution in [3.8, 4) is 17.2 Å². The Hall–Kier alpha value is -3.13. The van der Waals surface area contributed by atoms with Gasteiger partial charge in [-0.15, -0.1) is 16.7 Å². The van der Waals surface area contributed by atoms with Crippen LogP contribution in [0.25, 0.3) is 0 Å². The largest absolute Gasteiger partial charge is 0.493 e. The summed E-state index contributed by atoms with van der Waals surface area (Å²) in [4.78, 5) is 14.5. The molecule has 1 aliphatic heterocycles. The molecule has 0 bridgehead atoms. The Morgan fingerprint density at radius 1 is 1.10 bits per heavy atom. The maximum absolute atomic E-state index is 12.5. The molecular formula is C21H24ClN3O5. The van der Waals surface area contributed by atoms with Crippen LogP contribution < -0.4 is 19.1 Å². The number of hydrazone groups is 1. The fourth-order valence-corrected chi connectivity index (χ4v) is 3.18. The predicted octanol–water partition coefficient (Wildman–Crippen LogP) is 3.24. The third kappa shape index (κ3) is 4.09. The van der Waals surface area contributed by atoms with E-state index in [0.29, 0.717) is 28.7 Å². The topological polar surface area (TPSA) is 72.8 Å². The molecule has 0 fully saturated rings. The van der Waals surface area contributed by atoms with Gasteiger partial charge >= 0.3 is 0 Å². The molecule has 0 saturated carbocycles. The number of ether oxygens (including phenoxy) is 4. The summed E-state index contributed by atoms with van der Waals surface area (Å²) >= 11 is 5.81. The summed E-state index contributed by atoms with van der Waals surface area (Å²) in [5.74, 6) is 1.01.